The van der Waals surface area contributed by atoms with Crippen LogP contribution in [0, 0.1) is 5.92 Å². The third kappa shape index (κ3) is 3.98. The minimum absolute atomic E-state index is 0.250. The van der Waals surface area contributed by atoms with Crippen molar-refractivity contribution in [2.24, 2.45) is 5.92 Å². The fourth-order valence-electron chi connectivity index (χ4n) is 3.08. The first-order valence-electron chi connectivity index (χ1n) is 7.23. The van der Waals surface area contributed by atoms with Crippen LogP contribution in [0.4, 0.5) is 0 Å². The lowest BCUT2D eigenvalue weighted by Gasteiger charge is -2.33. The van der Waals surface area contributed by atoms with Gasteiger partial charge in [0.15, 0.2) is 0 Å². The summed E-state index contributed by atoms with van der Waals surface area (Å²) in [6.07, 6.45) is 7.98. The van der Waals surface area contributed by atoms with Crippen molar-refractivity contribution in [2.75, 3.05) is 32.7 Å². The van der Waals surface area contributed by atoms with Crippen molar-refractivity contribution in [1.29, 1.82) is 0 Å². The summed E-state index contributed by atoms with van der Waals surface area (Å²) in [4.78, 5) is 15.9. The molecule has 0 saturated carbocycles. The lowest BCUT2D eigenvalue weighted by atomic mass is 9.93. The minimum Gasteiger partial charge on any atom is -0.343 e. The van der Waals surface area contributed by atoms with Gasteiger partial charge in [-0.15, -0.1) is 0 Å². The van der Waals surface area contributed by atoms with Gasteiger partial charge in [-0.1, -0.05) is 6.42 Å². The zero-order valence-corrected chi connectivity index (χ0v) is 11.2. The summed E-state index contributed by atoms with van der Waals surface area (Å²) in [5.41, 5.74) is 0. The van der Waals surface area contributed by atoms with Crippen LogP contribution in [0.2, 0.25) is 0 Å². The molecule has 0 aromatic carbocycles. The molecule has 3 nitrogen and oxygen atoms in total. The molecule has 0 unspecified atom stereocenters. The number of hydrogen-bond acceptors (Lipinski definition) is 2. The average molecular weight is 238 g/mol. The maximum absolute atomic E-state index is 11.2. The Morgan fingerprint density at radius 2 is 1.71 bits per heavy atom. The van der Waals surface area contributed by atoms with Crippen LogP contribution >= 0.6 is 0 Å². The van der Waals surface area contributed by atoms with Crippen LogP contribution in [0.5, 0.6) is 0 Å². The van der Waals surface area contributed by atoms with E-state index in [2.05, 4.69) is 4.90 Å². The number of hydrogen-bond donors (Lipinski definition) is 0. The molecule has 0 radical (unpaired) electrons. The Morgan fingerprint density at radius 1 is 1.06 bits per heavy atom. The van der Waals surface area contributed by atoms with Crippen molar-refractivity contribution in [3.05, 3.63) is 0 Å². The van der Waals surface area contributed by atoms with E-state index in [0.29, 0.717) is 0 Å². The predicted octanol–water partition coefficient (Wildman–Crippen LogP) is 2.12. The summed E-state index contributed by atoms with van der Waals surface area (Å²) < 4.78 is 0. The Balaban J connectivity index is 1.62. The van der Waals surface area contributed by atoms with Gasteiger partial charge in [-0.25, -0.2) is 0 Å². The van der Waals surface area contributed by atoms with Gasteiger partial charge in [0, 0.05) is 20.0 Å². The first kappa shape index (κ1) is 12.9. The Hall–Kier alpha value is -0.570. The SMILES string of the molecule is CC(=O)N1CCC(CCN2CCCCC2)CC1. The summed E-state index contributed by atoms with van der Waals surface area (Å²) in [6.45, 7) is 7.57. The Morgan fingerprint density at radius 3 is 2.29 bits per heavy atom. The van der Waals surface area contributed by atoms with Crippen LogP contribution in [0.15, 0.2) is 0 Å². The quantitative estimate of drug-likeness (QED) is 0.752. The zero-order valence-electron chi connectivity index (χ0n) is 11.2. The van der Waals surface area contributed by atoms with Crippen LogP contribution in [0.1, 0.15) is 45.4 Å². The molecule has 0 aromatic heterocycles. The molecule has 2 aliphatic heterocycles. The molecule has 0 N–H and O–H groups in total. The third-order valence-electron chi connectivity index (χ3n) is 4.36. The minimum atomic E-state index is 0.250. The highest BCUT2D eigenvalue weighted by atomic mass is 16.2. The monoisotopic (exact) mass is 238 g/mol. The molecule has 0 aliphatic carbocycles. The summed E-state index contributed by atoms with van der Waals surface area (Å²) in [5.74, 6) is 1.10. The number of rotatable bonds is 3. The Bertz CT molecular complexity index is 241. The maximum Gasteiger partial charge on any atom is 0.219 e. The van der Waals surface area contributed by atoms with Gasteiger partial charge in [0.2, 0.25) is 5.91 Å². The summed E-state index contributed by atoms with van der Waals surface area (Å²) >= 11 is 0. The number of nitrogens with zero attached hydrogens (tertiary/aromatic N) is 2. The summed E-state index contributed by atoms with van der Waals surface area (Å²) in [5, 5.41) is 0. The molecule has 3 heteroatoms. The van der Waals surface area contributed by atoms with Crippen LogP contribution in [-0.2, 0) is 4.79 Å². The normalized spacial score (nSPS) is 23.9. The number of amides is 1. The van der Waals surface area contributed by atoms with Gasteiger partial charge < -0.3 is 9.80 Å². The molecular formula is C14H26N2O. The van der Waals surface area contributed by atoms with Crippen LogP contribution < -0.4 is 0 Å². The number of carbonyl (C=O) groups excluding carboxylic acids is 1. The van der Waals surface area contributed by atoms with E-state index >= 15 is 0 Å². The van der Waals surface area contributed by atoms with E-state index in [-0.39, 0.29) is 5.91 Å². The number of carbonyl (C=O) groups is 1. The fourth-order valence-corrected chi connectivity index (χ4v) is 3.08. The lowest BCUT2D eigenvalue weighted by Crippen LogP contribution is -2.38. The number of likely N-dealkylation sites (tertiary alicyclic amines) is 2. The van der Waals surface area contributed by atoms with Crippen LogP contribution in [-0.4, -0.2) is 48.4 Å². The zero-order chi connectivity index (χ0) is 12.1. The molecule has 0 aromatic rings. The molecule has 0 bridgehead atoms. The fraction of sp³-hybridized carbons (Fsp3) is 0.929. The second-order valence-electron chi connectivity index (χ2n) is 5.64. The van der Waals surface area contributed by atoms with Crippen LogP contribution in [0.25, 0.3) is 0 Å². The summed E-state index contributed by atoms with van der Waals surface area (Å²) in [7, 11) is 0. The highest BCUT2D eigenvalue weighted by molar-refractivity contribution is 5.73. The number of piperidine rings is 2. The molecule has 2 heterocycles. The van der Waals surface area contributed by atoms with Gasteiger partial charge in [0.05, 0.1) is 0 Å². The second kappa shape index (κ2) is 6.39. The van der Waals surface area contributed by atoms with Gasteiger partial charge in [-0.3, -0.25) is 4.79 Å². The van der Waals surface area contributed by atoms with Crippen molar-refractivity contribution in [2.45, 2.75) is 45.4 Å². The van der Waals surface area contributed by atoms with Crippen LogP contribution in [0.3, 0.4) is 0 Å². The van der Waals surface area contributed by atoms with Crippen molar-refractivity contribution < 1.29 is 4.79 Å². The molecule has 98 valence electrons. The van der Waals surface area contributed by atoms with E-state index < -0.39 is 0 Å². The topological polar surface area (TPSA) is 23.6 Å². The first-order chi connectivity index (χ1) is 8.25. The van der Waals surface area contributed by atoms with Crippen molar-refractivity contribution in [3.8, 4) is 0 Å². The van der Waals surface area contributed by atoms with E-state index in [0.717, 1.165) is 19.0 Å². The van der Waals surface area contributed by atoms with E-state index in [1.54, 1.807) is 6.92 Å². The average Bonchev–Trinajstić information content (AvgIpc) is 2.38. The molecule has 2 saturated heterocycles. The molecule has 0 spiro atoms. The van der Waals surface area contributed by atoms with Gasteiger partial charge in [-0.05, 0) is 57.7 Å². The van der Waals surface area contributed by atoms with Gasteiger partial charge in [0.25, 0.3) is 0 Å². The standard InChI is InChI=1S/C14H26N2O/c1-13(17)16-11-6-14(7-12-16)5-10-15-8-3-2-4-9-15/h14H,2-12H2,1H3. The van der Waals surface area contributed by atoms with Crippen molar-refractivity contribution in [3.63, 3.8) is 0 Å². The molecule has 2 fully saturated rings. The molecule has 17 heavy (non-hydrogen) atoms. The van der Waals surface area contributed by atoms with Crippen molar-refractivity contribution >= 4 is 5.91 Å². The van der Waals surface area contributed by atoms with Gasteiger partial charge in [-0.2, -0.15) is 0 Å². The Kier molecular flexibility index (Phi) is 4.84. The highest BCUT2D eigenvalue weighted by Crippen LogP contribution is 2.21. The summed E-state index contributed by atoms with van der Waals surface area (Å²) in [6, 6.07) is 0. The predicted molar refractivity (Wildman–Crippen MR) is 69.9 cm³/mol. The Labute approximate surface area is 105 Å². The third-order valence-corrected chi connectivity index (χ3v) is 4.36. The largest absolute Gasteiger partial charge is 0.343 e. The molecule has 1 amide bonds. The molecular weight excluding hydrogens is 212 g/mol. The second-order valence-corrected chi connectivity index (χ2v) is 5.64. The highest BCUT2D eigenvalue weighted by Gasteiger charge is 2.21. The van der Waals surface area contributed by atoms with Crippen molar-refractivity contribution in [1.82, 2.24) is 9.80 Å². The maximum atomic E-state index is 11.2. The lowest BCUT2D eigenvalue weighted by molar-refractivity contribution is -0.130. The smallest absolute Gasteiger partial charge is 0.219 e. The first-order valence-corrected chi connectivity index (χ1v) is 7.23. The van der Waals surface area contributed by atoms with Gasteiger partial charge >= 0.3 is 0 Å². The van der Waals surface area contributed by atoms with E-state index in [4.69, 9.17) is 0 Å². The molecule has 0 atom stereocenters. The van der Waals surface area contributed by atoms with E-state index in [1.807, 2.05) is 4.90 Å². The van der Waals surface area contributed by atoms with E-state index in [9.17, 15) is 4.79 Å². The van der Waals surface area contributed by atoms with Gasteiger partial charge in [0.1, 0.15) is 0 Å². The molecule has 2 rings (SSSR count). The van der Waals surface area contributed by atoms with E-state index in [1.165, 1.54) is 58.2 Å². The molecule has 2 aliphatic rings.